The van der Waals surface area contributed by atoms with Crippen LogP contribution in [0, 0.1) is 44.2 Å². The third-order valence-corrected chi connectivity index (χ3v) is 28.1. The zero-order valence-corrected chi connectivity index (χ0v) is 72.5. The highest BCUT2D eigenvalue weighted by atomic mass is 35.5. The summed E-state index contributed by atoms with van der Waals surface area (Å²) in [6.45, 7) is 9.47. The molecule has 0 aliphatic heterocycles. The minimum atomic E-state index is -0.587. The molecule has 123 heavy (non-hydrogen) atoms. The molecule has 0 saturated heterocycles. The molecule has 0 radical (unpaired) electrons. The summed E-state index contributed by atoms with van der Waals surface area (Å²) in [7, 11) is 0. The van der Waals surface area contributed by atoms with E-state index in [0.717, 1.165) is 148 Å². The first-order valence-corrected chi connectivity index (χ1v) is 43.7. The van der Waals surface area contributed by atoms with Crippen LogP contribution < -0.4 is 61.5 Å². The Bertz CT molecular complexity index is 5510. The SMILES string of the molecule is C[C@H]1CC2(NC(=O)COc3ccc(Cl)c(F)c3)CCC1(NC(=O)c1ccccn1)CC2.Cc1cc(OCC(=O)NC23CC(NC(=O)c4cnc5ccccc5c4)(C2)C3)ccc1Cl.Cc1cc(OCC(=O)NC23CC(NC(=O)c4nc(C5CC5)cs4)(C2)C3)ccc1Cl.Cc1ccc(C(=O)NC23CCC(NC(=O)COc4ccc(Cl)c(F)c4)(CC2)C[C@@H]3C)nc1. The number of amides is 8. The van der Waals surface area contributed by atoms with Crippen molar-refractivity contribution in [1.29, 1.82) is 0 Å². The summed E-state index contributed by atoms with van der Waals surface area (Å²) in [6, 6.07) is 37.3. The number of benzene rings is 5. The highest BCUT2D eigenvalue weighted by Crippen LogP contribution is 2.62. The summed E-state index contributed by atoms with van der Waals surface area (Å²) in [6.07, 6.45) is 19.6. The van der Waals surface area contributed by atoms with E-state index in [-0.39, 0.29) is 151 Å². The van der Waals surface area contributed by atoms with Crippen LogP contribution in [-0.2, 0) is 19.2 Å². The molecule has 4 aromatic heterocycles. The van der Waals surface area contributed by atoms with Gasteiger partial charge in [-0.25, -0.2) is 13.8 Å². The fourth-order valence-corrected chi connectivity index (χ4v) is 20.4. The molecule has 13 fully saturated rings. The van der Waals surface area contributed by atoms with Crippen molar-refractivity contribution in [1.82, 2.24) is 62.5 Å². The Kier molecular flexibility index (Phi) is 25.3. The lowest BCUT2D eigenvalue weighted by Gasteiger charge is -2.70. The molecule has 4 heterocycles. The molecule has 0 spiro atoms. The highest BCUT2D eigenvalue weighted by molar-refractivity contribution is 7.11. The number of aryl methyl sites for hydroxylation is 3. The van der Waals surface area contributed by atoms with Crippen molar-refractivity contribution >= 4 is 116 Å². The molecule has 8 N–H and O–H groups in total. The predicted molar refractivity (Wildman–Crippen MR) is 463 cm³/mol. The molecule has 0 unspecified atom stereocenters. The number of carbonyl (C=O) groups is 8. The maximum absolute atomic E-state index is 13.5. The largest absolute Gasteiger partial charge is 0.484 e. The van der Waals surface area contributed by atoms with E-state index in [0.29, 0.717) is 49.4 Å². The molecule has 24 nitrogen and oxygen atoms in total. The van der Waals surface area contributed by atoms with Gasteiger partial charge in [0, 0.05) is 102 Å². The Hall–Kier alpha value is -10.6. The van der Waals surface area contributed by atoms with Gasteiger partial charge in [0.25, 0.3) is 47.3 Å². The second kappa shape index (κ2) is 35.6. The molecule has 8 bridgehead atoms. The maximum atomic E-state index is 13.5. The molecule has 13 saturated carbocycles. The van der Waals surface area contributed by atoms with Gasteiger partial charge in [0.1, 0.15) is 46.0 Å². The number of rotatable bonds is 25. The molecule has 22 rings (SSSR count). The molecular weight excluding hydrogens is 1680 g/mol. The van der Waals surface area contributed by atoms with Crippen LogP contribution in [0.4, 0.5) is 8.78 Å². The lowest BCUT2D eigenvalue weighted by molar-refractivity contribution is -0.142. The minimum Gasteiger partial charge on any atom is -0.484 e. The first kappa shape index (κ1) is 87.3. The predicted octanol–water partition coefficient (Wildman–Crippen LogP) is 15.5. The van der Waals surface area contributed by atoms with Gasteiger partial charge in [0.05, 0.1) is 26.8 Å². The van der Waals surface area contributed by atoms with Crippen LogP contribution in [-0.4, -0.2) is 138 Å². The number of thiazole rings is 1. The number of hydrogen-bond donors (Lipinski definition) is 8. The van der Waals surface area contributed by atoms with E-state index in [1.165, 1.54) is 48.4 Å². The lowest BCUT2D eigenvalue weighted by atomic mass is 9.44. The number of hydrogen-bond acceptors (Lipinski definition) is 17. The molecule has 644 valence electrons. The van der Waals surface area contributed by atoms with Crippen molar-refractivity contribution in [3.8, 4) is 23.0 Å². The monoisotopic (exact) mass is 1770 g/mol. The van der Waals surface area contributed by atoms with Crippen molar-refractivity contribution in [3.05, 3.63) is 233 Å². The number of para-hydroxylation sites is 1. The summed E-state index contributed by atoms with van der Waals surface area (Å²) in [5.74, 6) is 0.210. The van der Waals surface area contributed by atoms with Gasteiger partial charge in [-0.05, 0) is 256 Å². The zero-order chi connectivity index (χ0) is 86.9. The lowest BCUT2D eigenvalue weighted by Crippen LogP contribution is -2.84. The van der Waals surface area contributed by atoms with E-state index in [1.807, 2.05) is 74.7 Å². The van der Waals surface area contributed by atoms with Gasteiger partial charge < -0.3 is 61.5 Å². The summed E-state index contributed by atoms with van der Waals surface area (Å²) < 4.78 is 49.1. The topological polar surface area (TPSA) is 321 Å². The van der Waals surface area contributed by atoms with Crippen LogP contribution in [0.25, 0.3) is 10.9 Å². The van der Waals surface area contributed by atoms with Gasteiger partial charge in [0.2, 0.25) is 0 Å². The molecule has 9 aromatic rings. The standard InChI is InChI=1S/C24H27ClFN3O3.C24H22ClN3O3.C23H25ClFN3O3.C21H22ClN3O3S/c1-15-3-6-20(27-13-15)22(31)29-24-9-7-23(8-10-24,12-16(24)2)28-21(30)14-32-17-4-5-18(25)19(26)11-17;1-15-8-18(6-7-19(15)25)31-11-21(29)27-23-12-24(13-23,14-23)28-22(30)17-9-16-4-2-3-5-20(16)26-10-17;1-15-13-22(27-20(29)14-31-16-5-6-17(24)18(25)12-16)7-9-23(15,10-8-22)28-21(30)19-4-2-3-11-26-19;1-12-6-14(4-5-15(12)22)28-7-17(26)24-20-9-21(10-20,11-20)25-18(27)19-23-16(8-29-19)13-2-3-13/h3-6,11,13,16H,7-10,12,14H2,1-2H3,(H,28,30)(H,29,31);2-10H,11-14H2,1H3,(H,27,29)(H,28,30);2-6,11-12,15H,7-10,13-14H2,1H3,(H,27,29)(H,28,30);4-6,8,13H,2-3,7,9-11H2,1H3,(H,24,26)(H,25,27)/t16-,23?,24?;;15-,22?,23?;/m0.0./s1. The Balaban J connectivity index is 0.000000127. The van der Waals surface area contributed by atoms with Crippen molar-refractivity contribution in [2.45, 2.75) is 200 Å². The first-order chi connectivity index (χ1) is 58.7. The second-order valence-electron chi connectivity index (χ2n) is 35.1. The molecular formula is C92H96Cl4F2N12O12S. The second-order valence-corrected chi connectivity index (χ2v) is 37.6. The van der Waals surface area contributed by atoms with Crippen LogP contribution in [0.5, 0.6) is 23.0 Å². The van der Waals surface area contributed by atoms with E-state index >= 15 is 0 Å². The number of pyridine rings is 3. The molecule has 5 aromatic carbocycles. The molecule has 31 heteroatoms. The number of fused-ring (bicyclic) bond motifs is 7. The zero-order valence-electron chi connectivity index (χ0n) is 68.7. The number of aromatic nitrogens is 4. The number of nitrogens with zero attached hydrogens (tertiary/aromatic N) is 4. The summed E-state index contributed by atoms with van der Waals surface area (Å²) in [5, 5.41) is 30.0. The van der Waals surface area contributed by atoms with Gasteiger partial charge in [-0.15, -0.1) is 11.3 Å². The molecule has 8 amide bonds. The Morgan fingerprint density at radius 2 is 0.854 bits per heavy atom. The van der Waals surface area contributed by atoms with E-state index in [1.54, 1.807) is 67.1 Å². The smallest absolute Gasteiger partial charge is 0.280 e. The first-order valence-electron chi connectivity index (χ1n) is 41.3. The van der Waals surface area contributed by atoms with Crippen LogP contribution in [0.1, 0.15) is 199 Å². The van der Waals surface area contributed by atoms with Crippen molar-refractivity contribution in [2.75, 3.05) is 26.4 Å². The third-order valence-electron chi connectivity index (χ3n) is 25.8. The number of carbonyl (C=O) groups excluding carboxylic acids is 8. The van der Waals surface area contributed by atoms with E-state index in [4.69, 9.17) is 65.4 Å². The number of halogens is 6. The van der Waals surface area contributed by atoms with Crippen molar-refractivity contribution in [3.63, 3.8) is 0 Å². The van der Waals surface area contributed by atoms with Gasteiger partial charge >= 0.3 is 0 Å². The van der Waals surface area contributed by atoms with Crippen LogP contribution in [0.15, 0.2) is 157 Å². The number of nitrogens with one attached hydrogen (secondary N) is 8. The van der Waals surface area contributed by atoms with Crippen LogP contribution >= 0.6 is 57.7 Å². The quantitative estimate of drug-likeness (QED) is 0.0264. The average molecular weight is 1770 g/mol. The van der Waals surface area contributed by atoms with Gasteiger partial charge in [-0.3, -0.25) is 53.3 Å². The van der Waals surface area contributed by atoms with Gasteiger partial charge in [-0.1, -0.05) is 90.6 Å². The fourth-order valence-electron chi connectivity index (χ4n) is 19.2. The summed E-state index contributed by atoms with van der Waals surface area (Å²) >= 11 is 24.8. The molecule has 13 aliphatic carbocycles. The number of ether oxygens (including phenoxy) is 4. The maximum Gasteiger partial charge on any atom is 0.280 e. The van der Waals surface area contributed by atoms with E-state index < -0.39 is 11.6 Å². The average Bonchev–Trinajstić information content (AvgIpc) is 1.05. The fraction of sp³-hybridized carbons (Fsp3) is 0.413. The third kappa shape index (κ3) is 20.1. The normalized spacial score (nSPS) is 25.9. The highest BCUT2D eigenvalue weighted by Gasteiger charge is 2.70. The Morgan fingerprint density at radius 3 is 1.28 bits per heavy atom. The summed E-state index contributed by atoms with van der Waals surface area (Å²) in [5.41, 5.74) is 4.09. The van der Waals surface area contributed by atoms with E-state index in [9.17, 15) is 47.1 Å². The molecule has 13 aliphatic rings. The van der Waals surface area contributed by atoms with Crippen LogP contribution in [0.2, 0.25) is 20.1 Å². The minimum absolute atomic E-state index is 0.00714. The van der Waals surface area contributed by atoms with Gasteiger partial charge in [0.15, 0.2) is 31.4 Å². The van der Waals surface area contributed by atoms with Crippen molar-refractivity contribution < 1.29 is 66.1 Å². The Morgan fingerprint density at radius 1 is 0.431 bits per heavy atom. The summed E-state index contributed by atoms with van der Waals surface area (Å²) in [4.78, 5) is 118. The van der Waals surface area contributed by atoms with Gasteiger partial charge in [-0.2, -0.15) is 0 Å². The van der Waals surface area contributed by atoms with E-state index in [2.05, 4.69) is 76.3 Å². The van der Waals surface area contributed by atoms with Crippen LogP contribution in [0.3, 0.4) is 0 Å². The Labute approximate surface area is 734 Å². The molecule has 2 atom stereocenters. The van der Waals surface area contributed by atoms with Crippen molar-refractivity contribution in [2.24, 2.45) is 11.8 Å².